The number of rotatable bonds is 5. The number of hydrogen-bond acceptors (Lipinski definition) is 3. The Labute approximate surface area is 102 Å². The molecule has 17 heavy (non-hydrogen) atoms. The lowest BCUT2D eigenvalue weighted by Crippen LogP contribution is -2.33. The topological polar surface area (TPSA) is 77.1 Å². The van der Waals surface area contributed by atoms with E-state index < -0.39 is 10.0 Å². The summed E-state index contributed by atoms with van der Waals surface area (Å²) in [7, 11) is -1.61. The number of aryl methyl sites for hydroxylation is 1. The Kier molecular flexibility index (Phi) is 3.29. The fourth-order valence-electron chi connectivity index (χ4n) is 1.93. The summed E-state index contributed by atoms with van der Waals surface area (Å²) in [6, 6.07) is 1.64. The first kappa shape index (κ1) is 12.6. The molecule has 5 nitrogen and oxygen atoms in total. The monoisotopic (exact) mass is 257 g/mol. The van der Waals surface area contributed by atoms with Crippen LogP contribution in [0.5, 0.6) is 0 Å². The molecule has 1 aromatic rings. The number of sulfonamides is 1. The highest BCUT2D eigenvalue weighted by molar-refractivity contribution is 7.89. The Morgan fingerprint density at radius 3 is 2.71 bits per heavy atom. The van der Waals surface area contributed by atoms with Crippen LogP contribution in [-0.2, 0) is 23.6 Å². The van der Waals surface area contributed by atoms with Crippen molar-refractivity contribution >= 4 is 10.0 Å². The Morgan fingerprint density at radius 1 is 1.59 bits per heavy atom. The predicted molar refractivity (Wildman–Crippen MR) is 65.8 cm³/mol. The second-order valence-electron chi connectivity index (χ2n) is 4.73. The Balaban J connectivity index is 2.18. The number of hydrogen-bond donors (Lipinski definition) is 2. The van der Waals surface area contributed by atoms with Crippen molar-refractivity contribution in [3.63, 3.8) is 0 Å². The number of nitrogens with one attached hydrogen (secondary N) is 1. The zero-order chi connectivity index (χ0) is 12.6. The molecule has 96 valence electrons. The van der Waals surface area contributed by atoms with E-state index in [1.54, 1.807) is 23.9 Å². The zero-order valence-corrected chi connectivity index (χ0v) is 11.0. The first-order chi connectivity index (χ1) is 7.94. The van der Waals surface area contributed by atoms with Gasteiger partial charge in [-0.2, -0.15) is 0 Å². The summed E-state index contributed by atoms with van der Waals surface area (Å²) in [4.78, 5) is 0.299. The van der Waals surface area contributed by atoms with Crippen LogP contribution in [-0.4, -0.2) is 19.0 Å². The van der Waals surface area contributed by atoms with Crippen LogP contribution < -0.4 is 10.5 Å². The summed E-state index contributed by atoms with van der Waals surface area (Å²) in [6.07, 6.45) is 3.84. The standard InChI is InChI=1S/C11H19N3O2S/c1-8(9-3-4-9)13-17(15,16)11-5-10(6-12)14(2)7-11/h5,7-9,13H,3-4,6,12H2,1-2H3. The average molecular weight is 257 g/mol. The third-order valence-electron chi connectivity index (χ3n) is 3.27. The van der Waals surface area contributed by atoms with Crippen molar-refractivity contribution in [1.82, 2.24) is 9.29 Å². The second-order valence-corrected chi connectivity index (χ2v) is 6.44. The molecule has 0 saturated heterocycles. The lowest BCUT2D eigenvalue weighted by Gasteiger charge is -2.11. The van der Waals surface area contributed by atoms with Crippen molar-refractivity contribution in [1.29, 1.82) is 0 Å². The van der Waals surface area contributed by atoms with Crippen LogP contribution in [0.25, 0.3) is 0 Å². The van der Waals surface area contributed by atoms with Crippen LogP contribution in [0, 0.1) is 5.92 Å². The minimum Gasteiger partial charge on any atom is -0.352 e. The molecule has 0 spiro atoms. The summed E-state index contributed by atoms with van der Waals surface area (Å²) in [5.74, 6) is 0.502. The van der Waals surface area contributed by atoms with Crippen LogP contribution in [0.3, 0.4) is 0 Å². The molecule has 6 heteroatoms. The Hall–Kier alpha value is -0.850. The fraction of sp³-hybridized carbons (Fsp3) is 0.636. The van der Waals surface area contributed by atoms with Crippen molar-refractivity contribution in [3.05, 3.63) is 18.0 Å². The molecule has 1 atom stereocenters. The zero-order valence-electron chi connectivity index (χ0n) is 10.2. The van der Waals surface area contributed by atoms with Gasteiger partial charge in [0.1, 0.15) is 0 Å². The van der Waals surface area contributed by atoms with E-state index >= 15 is 0 Å². The van der Waals surface area contributed by atoms with Gasteiger partial charge in [0.05, 0.1) is 4.90 Å². The lowest BCUT2D eigenvalue weighted by molar-refractivity contribution is 0.538. The first-order valence-corrected chi connectivity index (χ1v) is 7.30. The van der Waals surface area contributed by atoms with Crippen LogP contribution >= 0.6 is 0 Å². The van der Waals surface area contributed by atoms with Crippen molar-refractivity contribution in [3.8, 4) is 0 Å². The maximum absolute atomic E-state index is 12.1. The third kappa shape index (κ3) is 2.70. The van der Waals surface area contributed by atoms with Crippen LogP contribution in [0.2, 0.25) is 0 Å². The van der Waals surface area contributed by atoms with Crippen LogP contribution in [0.4, 0.5) is 0 Å². The molecule has 0 aromatic carbocycles. The molecule has 1 aliphatic rings. The van der Waals surface area contributed by atoms with Gasteiger partial charge in [-0.1, -0.05) is 0 Å². The summed E-state index contributed by atoms with van der Waals surface area (Å²) >= 11 is 0. The number of nitrogens with two attached hydrogens (primary N) is 1. The molecule has 0 amide bonds. The maximum Gasteiger partial charge on any atom is 0.242 e. The van der Waals surface area contributed by atoms with E-state index in [1.165, 1.54) is 0 Å². The second kappa shape index (κ2) is 4.44. The smallest absolute Gasteiger partial charge is 0.242 e. The van der Waals surface area contributed by atoms with Crippen LogP contribution in [0.1, 0.15) is 25.5 Å². The lowest BCUT2D eigenvalue weighted by atomic mass is 10.2. The largest absolute Gasteiger partial charge is 0.352 e. The van der Waals surface area contributed by atoms with E-state index in [2.05, 4.69) is 4.72 Å². The van der Waals surface area contributed by atoms with E-state index in [1.807, 2.05) is 6.92 Å². The van der Waals surface area contributed by atoms with Gasteiger partial charge in [0.25, 0.3) is 0 Å². The SMILES string of the molecule is CC(NS(=O)(=O)c1cc(CN)n(C)c1)C1CC1. The summed E-state index contributed by atoms with van der Waals surface area (Å²) in [6.45, 7) is 2.26. The molecule has 1 aromatic heterocycles. The highest BCUT2D eigenvalue weighted by atomic mass is 32.2. The summed E-state index contributed by atoms with van der Waals surface area (Å²) < 4.78 is 28.6. The highest BCUT2D eigenvalue weighted by Crippen LogP contribution is 2.33. The van der Waals surface area contributed by atoms with Gasteiger partial charge >= 0.3 is 0 Å². The van der Waals surface area contributed by atoms with E-state index in [-0.39, 0.29) is 6.04 Å². The Bertz CT molecular complexity index is 503. The molecule has 1 fully saturated rings. The van der Waals surface area contributed by atoms with Gasteiger partial charge in [-0.05, 0) is 31.7 Å². The summed E-state index contributed by atoms with van der Waals surface area (Å²) in [5.41, 5.74) is 6.34. The van der Waals surface area contributed by atoms with E-state index in [0.29, 0.717) is 17.4 Å². The van der Waals surface area contributed by atoms with Crippen molar-refractivity contribution in [2.75, 3.05) is 0 Å². The van der Waals surface area contributed by atoms with Gasteiger partial charge < -0.3 is 10.3 Å². The minimum atomic E-state index is -3.40. The molecule has 0 radical (unpaired) electrons. The molecule has 1 unspecified atom stereocenters. The summed E-state index contributed by atoms with van der Waals surface area (Å²) in [5, 5.41) is 0. The van der Waals surface area contributed by atoms with Gasteiger partial charge in [0, 0.05) is 31.5 Å². The Morgan fingerprint density at radius 2 is 2.24 bits per heavy atom. The fourth-order valence-corrected chi connectivity index (χ4v) is 3.34. The maximum atomic E-state index is 12.1. The number of nitrogens with zero attached hydrogens (tertiary/aromatic N) is 1. The first-order valence-electron chi connectivity index (χ1n) is 5.81. The molecular weight excluding hydrogens is 238 g/mol. The van der Waals surface area contributed by atoms with Crippen molar-refractivity contribution in [2.45, 2.75) is 37.2 Å². The highest BCUT2D eigenvalue weighted by Gasteiger charge is 2.31. The minimum absolute atomic E-state index is 0.0153. The molecule has 0 aliphatic heterocycles. The van der Waals surface area contributed by atoms with Crippen molar-refractivity contribution < 1.29 is 8.42 Å². The van der Waals surface area contributed by atoms with Gasteiger partial charge in [-0.25, -0.2) is 13.1 Å². The molecular formula is C11H19N3O2S. The van der Waals surface area contributed by atoms with E-state index in [9.17, 15) is 8.42 Å². The predicted octanol–water partition coefficient (Wildman–Crippen LogP) is 0.561. The van der Waals surface area contributed by atoms with Crippen LogP contribution in [0.15, 0.2) is 17.2 Å². The molecule has 1 saturated carbocycles. The van der Waals surface area contributed by atoms with E-state index in [0.717, 1.165) is 18.5 Å². The van der Waals surface area contributed by atoms with Gasteiger partial charge in [0.2, 0.25) is 10.0 Å². The molecule has 2 rings (SSSR count). The number of aromatic nitrogens is 1. The van der Waals surface area contributed by atoms with Gasteiger partial charge in [-0.15, -0.1) is 0 Å². The normalized spacial score (nSPS) is 18.3. The third-order valence-corrected chi connectivity index (χ3v) is 4.80. The van der Waals surface area contributed by atoms with Gasteiger partial charge in [0.15, 0.2) is 0 Å². The quantitative estimate of drug-likeness (QED) is 0.809. The molecule has 1 aliphatic carbocycles. The molecule has 0 bridgehead atoms. The average Bonchev–Trinajstić information content (AvgIpc) is 3.01. The van der Waals surface area contributed by atoms with E-state index in [4.69, 9.17) is 5.73 Å². The van der Waals surface area contributed by atoms with Gasteiger partial charge in [-0.3, -0.25) is 0 Å². The van der Waals surface area contributed by atoms with Crippen molar-refractivity contribution in [2.24, 2.45) is 18.7 Å². The molecule has 1 heterocycles. The molecule has 3 N–H and O–H groups in total.